The highest BCUT2D eigenvalue weighted by molar-refractivity contribution is 7.10. The molecule has 3 N–H and O–H groups in total. The largest absolute Gasteiger partial charge is 0.444 e. The van der Waals surface area contributed by atoms with Crippen LogP contribution in [0, 0.1) is 12.8 Å². The number of aryl methyl sites for hydroxylation is 1. The molecule has 25 heavy (non-hydrogen) atoms. The number of rotatable bonds is 6. The Bertz CT molecular complexity index is 576. The number of carbonyl (C=O) groups is 1. The third-order valence-corrected chi connectivity index (χ3v) is 4.63. The van der Waals surface area contributed by atoms with Crippen molar-refractivity contribution in [3.8, 4) is 0 Å². The van der Waals surface area contributed by atoms with Crippen LogP contribution in [0.4, 0.5) is 4.79 Å². The second-order valence-corrected chi connectivity index (χ2v) is 8.33. The lowest BCUT2D eigenvalue weighted by atomic mass is 10.0. The van der Waals surface area contributed by atoms with E-state index in [0.29, 0.717) is 12.5 Å². The van der Waals surface area contributed by atoms with Crippen LogP contribution < -0.4 is 16.0 Å². The quantitative estimate of drug-likeness (QED) is 0.532. The zero-order chi connectivity index (χ0) is 19.0. The predicted molar refractivity (Wildman–Crippen MR) is 105 cm³/mol. The number of guanidine groups is 1. The zero-order valence-corrected chi connectivity index (χ0v) is 17.2. The number of carbonyl (C=O) groups excluding carboxylic acids is 1. The van der Waals surface area contributed by atoms with E-state index in [1.807, 2.05) is 20.8 Å². The van der Waals surface area contributed by atoms with Gasteiger partial charge in [-0.05, 0) is 50.6 Å². The Balaban J connectivity index is 2.51. The molecule has 1 rings (SSSR count). The molecule has 0 radical (unpaired) electrons. The van der Waals surface area contributed by atoms with Gasteiger partial charge in [0.2, 0.25) is 0 Å². The summed E-state index contributed by atoms with van der Waals surface area (Å²) in [6, 6.07) is 2.05. The fraction of sp³-hybridized carbons (Fsp3) is 0.667. The maximum atomic E-state index is 12.0. The number of hydrogen-bond donors (Lipinski definition) is 3. The van der Waals surface area contributed by atoms with Crippen LogP contribution in [0.25, 0.3) is 0 Å². The van der Waals surface area contributed by atoms with Crippen LogP contribution >= 0.6 is 11.3 Å². The van der Waals surface area contributed by atoms with Gasteiger partial charge in [0.05, 0.1) is 12.6 Å². The summed E-state index contributed by atoms with van der Waals surface area (Å²) in [5.74, 6) is 0.974. The lowest BCUT2D eigenvalue weighted by molar-refractivity contribution is 0.0491. The summed E-state index contributed by atoms with van der Waals surface area (Å²) < 4.78 is 5.34. The summed E-state index contributed by atoms with van der Waals surface area (Å²) in [7, 11) is 1.74. The van der Waals surface area contributed by atoms with Gasteiger partial charge in [-0.15, -0.1) is 11.3 Å². The van der Waals surface area contributed by atoms with Crippen molar-refractivity contribution >= 4 is 23.4 Å². The van der Waals surface area contributed by atoms with Crippen LogP contribution in [0.1, 0.15) is 45.1 Å². The molecule has 0 aromatic carbocycles. The van der Waals surface area contributed by atoms with Crippen molar-refractivity contribution in [1.82, 2.24) is 16.0 Å². The highest BCUT2D eigenvalue weighted by atomic mass is 32.1. The lowest BCUT2D eigenvalue weighted by Crippen LogP contribution is -2.50. The van der Waals surface area contributed by atoms with E-state index in [1.54, 1.807) is 18.4 Å². The first kappa shape index (κ1) is 21.3. The Hall–Kier alpha value is -1.76. The molecule has 0 bridgehead atoms. The number of hydrogen-bond acceptors (Lipinski definition) is 4. The minimum atomic E-state index is -0.505. The number of aliphatic imine (C=N–C) groups is 1. The van der Waals surface area contributed by atoms with E-state index in [1.165, 1.54) is 10.4 Å². The smallest absolute Gasteiger partial charge is 0.407 e. The summed E-state index contributed by atoms with van der Waals surface area (Å²) in [6.45, 7) is 13.1. The molecule has 0 aliphatic heterocycles. The van der Waals surface area contributed by atoms with Gasteiger partial charge in [0, 0.05) is 18.5 Å². The summed E-state index contributed by atoms with van der Waals surface area (Å²) >= 11 is 1.73. The lowest BCUT2D eigenvalue weighted by Gasteiger charge is -2.26. The maximum absolute atomic E-state index is 12.0. The van der Waals surface area contributed by atoms with E-state index >= 15 is 0 Å². The van der Waals surface area contributed by atoms with Crippen LogP contribution in [0.3, 0.4) is 0 Å². The maximum Gasteiger partial charge on any atom is 0.407 e. The van der Waals surface area contributed by atoms with Crippen molar-refractivity contribution in [1.29, 1.82) is 0 Å². The zero-order valence-electron chi connectivity index (χ0n) is 16.4. The van der Waals surface area contributed by atoms with Gasteiger partial charge in [-0.2, -0.15) is 0 Å². The SMILES string of the molecule is CN=C(NCc1sccc1C)NCC(NC(=O)OC(C)(C)C)C(C)C. The first-order valence-corrected chi connectivity index (χ1v) is 9.47. The standard InChI is InChI=1S/C18H32N4O2S/c1-12(2)14(22-17(23)24-18(4,5)6)10-20-16(19-7)21-11-15-13(3)8-9-25-15/h8-9,12,14H,10-11H2,1-7H3,(H,22,23)(H2,19,20,21). The second-order valence-electron chi connectivity index (χ2n) is 7.33. The van der Waals surface area contributed by atoms with E-state index in [-0.39, 0.29) is 12.0 Å². The predicted octanol–water partition coefficient (Wildman–Crippen LogP) is 3.27. The molecule has 1 atom stereocenters. The Morgan fingerprint density at radius 1 is 1.32 bits per heavy atom. The minimum Gasteiger partial charge on any atom is -0.444 e. The molecule has 1 unspecified atom stereocenters. The average molecular weight is 369 g/mol. The van der Waals surface area contributed by atoms with Gasteiger partial charge < -0.3 is 20.7 Å². The van der Waals surface area contributed by atoms with Gasteiger partial charge in [-0.3, -0.25) is 4.99 Å². The molecule has 0 saturated carbocycles. The number of ether oxygens (including phenoxy) is 1. The van der Waals surface area contributed by atoms with E-state index in [0.717, 1.165) is 6.54 Å². The fourth-order valence-corrected chi connectivity index (χ4v) is 2.93. The van der Waals surface area contributed by atoms with Crippen molar-refractivity contribution in [2.45, 2.75) is 59.7 Å². The Morgan fingerprint density at radius 2 is 2.00 bits per heavy atom. The van der Waals surface area contributed by atoms with Crippen LogP contribution in [0.2, 0.25) is 0 Å². The number of amides is 1. The number of alkyl carbamates (subject to hydrolysis) is 1. The molecule has 7 heteroatoms. The fourth-order valence-electron chi connectivity index (χ4n) is 2.09. The van der Waals surface area contributed by atoms with Crippen LogP contribution in [-0.2, 0) is 11.3 Å². The Labute approximate surface area is 155 Å². The molecule has 1 aromatic heterocycles. The van der Waals surface area contributed by atoms with Crippen LogP contribution in [0.5, 0.6) is 0 Å². The van der Waals surface area contributed by atoms with Crippen molar-refractivity contribution in [3.05, 3.63) is 21.9 Å². The van der Waals surface area contributed by atoms with Crippen LogP contribution in [0.15, 0.2) is 16.4 Å². The monoisotopic (exact) mass is 368 g/mol. The molecule has 1 amide bonds. The van der Waals surface area contributed by atoms with Crippen molar-refractivity contribution in [3.63, 3.8) is 0 Å². The number of nitrogens with zero attached hydrogens (tertiary/aromatic N) is 1. The molecule has 0 saturated heterocycles. The highest BCUT2D eigenvalue weighted by Gasteiger charge is 2.21. The molecule has 0 spiro atoms. The van der Waals surface area contributed by atoms with Crippen molar-refractivity contribution < 1.29 is 9.53 Å². The molecule has 0 fully saturated rings. The first-order valence-electron chi connectivity index (χ1n) is 8.59. The molecular weight excluding hydrogens is 336 g/mol. The highest BCUT2D eigenvalue weighted by Crippen LogP contribution is 2.14. The summed E-state index contributed by atoms with van der Waals surface area (Å²) in [4.78, 5) is 17.5. The minimum absolute atomic E-state index is 0.0585. The van der Waals surface area contributed by atoms with E-state index in [2.05, 4.69) is 53.2 Å². The molecule has 0 aliphatic rings. The van der Waals surface area contributed by atoms with Gasteiger partial charge in [0.15, 0.2) is 5.96 Å². The first-order chi connectivity index (χ1) is 11.6. The van der Waals surface area contributed by atoms with Crippen LogP contribution in [-0.4, -0.2) is 37.3 Å². The molecule has 6 nitrogen and oxygen atoms in total. The molecule has 142 valence electrons. The van der Waals surface area contributed by atoms with Gasteiger partial charge in [-0.1, -0.05) is 13.8 Å². The molecular formula is C18H32N4O2S. The van der Waals surface area contributed by atoms with E-state index < -0.39 is 11.7 Å². The third kappa shape index (κ3) is 8.25. The summed E-state index contributed by atoms with van der Waals surface area (Å²) in [5.41, 5.74) is 0.773. The van der Waals surface area contributed by atoms with E-state index in [9.17, 15) is 4.79 Å². The molecule has 0 aliphatic carbocycles. The Kier molecular flexibility index (Phi) is 8.22. The normalized spacial score (nSPS) is 13.5. The van der Waals surface area contributed by atoms with Gasteiger partial charge in [0.1, 0.15) is 5.60 Å². The second kappa shape index (κ2) is 9.65. The van der Waals surface area contributed by atoms with Gasteiger partial charge in [0.25, 0.3) is 0 Å². The average Bonchev–Trinajstić information content (AvgIpc) is 2.89. The summed E-state index contributed by atoms with van der Waals surface area (Å²) in [6.07, 6.45) is -0.398. The number of thiophene rings is 1. The molecule has 1 aromatic rings. The Morgan fingerprint density at radius 3 is 2.48 bits per heavy atom. The summed E-state index contributed by atoms with van der Waals surface area (Å²) in [5, 5.41) is 11.6. The topological polar surface area (TPSA) is 74.8 Å². The van der Waals surface area contributed by atoms with Gasteiger partial charge in [-0.25, -0.2) is 4.79 Å². The van der Waals surface area contributed by atoms with E-state index in [4.69, 9.17) is 4.74 Å². The van der Waals surface area contributed by atoms with Crippen molar-refractivity contribution in [2.24, 2.45) is 10.9 Å². The van der Waals surface area contributed by atoms with Crippen molar-refractivity contribution in [2.75, 3.05) is 13.6 Å². The third-order valence-electron chi connectivity index (χ3n) is 3.60. The number of nitrogens with one attached hydrogen (secondary N) is 3. The molecule has 1 heterocycles. The van der Waals surface area contributed by atoms with Gasteiger partial charge >= 0.3 is 6.09 Å².